The van der Waals surface area contributed by atoms with Crippen LogP contribution in [0.15, 0.2) is 54.9 Å². The fourth-order valence-corrected chi connectivity index (χ4v) is 4.64. The molecule has 0 fully saturated rings. The minimum Gasteiger partial charge on any atom is -0.394 e. The average Bonchev–Trinajstić information content (AvgIpc) is 2.94. The number of nitrogens with one attached hydrogen (secondary N) is 1. The van der Waals surface area contributed by atoms with Crippen LogP contribution in [0.1, 0.15) is 102 Å². The van der Waals surface area contributed by atoms with Gasteiger partial charge in [0.25, 0.3) is 5.69 Å². The summed E-state index contributed by atoms with van der Waals surface area (Å²) in [4.78, 5) is 22.5. The number of non-ortho nitro benzene ring substituents is 1. The number of rotatable bonds is 21. The zero-order chi connectivity index (χ0) is 27.4. The fraction of sp³-hybridized carbons (Fsp3) is 0.600. The number of aryl methyl sites for hydroxylation is 1. The molecule has 8 heteroatoms. The third-order valence-corrected chi connectivity index (χ3v) is 6.97. The third-order valence-electron chi connectivity index (χ3n) is 6.97. The monoisotopic (exact) mass is 528 g/mol. The molecule has 8 nitrogen and oxygen atoms in total. The van der Waals surface area contributed by atoms with Crippen molar-refractivity contribution in [3.8, 4) is 0 Å². The number of aliphatic hydroxyl groups is 2. The summed E-state index contributed by atoms with van der Waals surface area (Å²) in [6.07, 6.45) is 19.3. The lowest BCUT2D eigenvalue weighted by Gasteiger charge is -2.22. The summed E-state index contributed by atoms with van der Waals surface area (Å²) >= 11 is 0. The van der Waals surface area contributed by atoms with Crippen molar-refractivity contribution in [1.29, 1.82) is 0 Å². The molecule has 2 rings (SSSR count). The molecule has 1 amide bonds. The van der Waals surface area contributed by atoms with Crippen LogP contribution in [0.25, 0.3) is 0 Å². The first kappa shape index (κ1) is 31.4. The van der Waals surface area contributed by atoms with Crippen molar-refractivity contribution in [2.24, 2.45) is 0 Å². The van der Waals surface area contributed by atoms with Crippen LogP contribution in [0.5, 0.6) is 0 Å². The Kier molecular flexibility index (Phi) is 15.9. The number of unbranched alkanes of at least 4 members (excludes halogenated alkanes) is 12. The van der Waals surface area contributed by atoms with Gasteiger partial charge < -0.3 is 15.5 Å². The maximum atomic E-state index is 12.3. The van der Waals surface area contributed by atoms with Gasteiger partial charge in [-0.2, -0.15) is 0 Å². The number of nitro benzene ring substituents is 1. The molecule has 0 spiro atoms. The lowest BCUT2D eigenvalue weighted by molar-refractivity contribution is -0.697. The quantitative estimate of drug-likeness (QED) is 0.0849. The van der Waals surface area contributed by atoms with Crippen LogP contribution in [0, 0.1) is 10.1 Å². The van der Waals surface area contributed by atoms with Crippen LogP contribution in [0.2, 0.25) is 0 Å². The SMILES string of the molecule is O=C(CCCCCCCCCCCCCCC[n+]1ccccc1)N[C@@H](CO)[C@@H](O)c1ccc([N+](=O)[O-])cc1. The number of benzene rings is 1. The van der Waals surface area contributed by atoms with Gasteiger partial charge in [0.05, 0.1) is 17.6 Å². The number of nitro groups is 1. The van der Waals surface area contributed by atoms with Gasteiger partial charge in [-0.3, -0.25) is 14.9 Å². The summed E-state index contributed by atoms with van der Waals surface area (Å²) in [5.41, 5.74) is 0.332. The highest BCUT2D eigenvalue weighted by Crippen LogP contribution is 2.21. The highest BCUT2D eigenvalue weighted by molar-refractivity contribution is 5.76. The smallest absolute Gasteiger partial charge is 0.269 e. The first-order chi connectivity index (χ1) is 18.5. The maximum Gasteiger partial charge on any atom is 0.269 e. The second-order valence-corrected chi connectivity index (χ2v) is 10.1. The van der Waals surface area contributed by atoms with Gasteiger partial charge in [0.1, 0.15) is 12.6 Å². The summed E-state index contributed by atoms with van der Waals surface area (Å²) in [6, 6.07) is 10.8. The third kappa shape index (κ3) is 13.1. The van der Waals surface area contributed by atoms with Gasteiger partial charge in [0.15, 0.2) is 12.4 Å². The number of carbonyl (C=O) groups is 1. The molecule has 0 bridgehead atoms. The van der Waals surface area contributed by atoms with E-state index < -0.39 is 23.7 Å². The molecule has 0 aliphatic rings. The molecule has 0 saturated carbocycles. The van der Waals surface area contributed by atoms with E-state index in [-0.39, 0.29) is 11.6 Å². The predicted octanol–water partition coefficient (Wildman–Crippen LogP) is 5.55. The summed E-state index contributed by atoms with van der Waals surface area (Å²) in [6.45, 7) is 0.694. The van der Waals surface area contributed by atoms with E-state index in [1.165, 1.54) is 88.5 Å². The molecule has 2 aromatic rings. The first-order valence-electron chi connectivity index (χ1n) is 14.3. The molecular formula is C30H46N3O5+. The molecule has 0 aliphatic heterocycles. The molecule has 1 aromatic heterocycles. The number of hydrogen-bond acceptors (Lipinski definition) is 5. The number of hydrogen-bond donors (Lipinski definition) is 3. The van der Waals surface area contributed by atoms with E-state index in [0.717, 1.165) is 25.8 Å². The Morgan fingerprint density at radius 3 is 1.82 bits per heavy atom. The molecule has 0 aliphatic carbocycles. The lowest BCUT2D eigenvalue weighted by Crippen LogP contribution is -2.41. The largest absolute Gasteiger partial charge is 0.394 e. The van der Waals surface area contributed by atoms with Crippen LogP contribution in [-0.4, -0.2) is 33.7 Å². The van der Waals surface area contributed by atoms with Crippen molar-refractivity contribution in [3.05, 3.63) is 70.5 Å². The molecule has 3 N–H and O–H groups in total. The van der Waals surface area contributed by atoms with Gasteiger partial charge in [-0.1, -0.05) is 70.3 Å². The van der Waals surface area contributed by atoms with E-state index in [0.29, 0.717) is 12.0 Å². The Hall–Kier alpha value is -2.84. The molecule has 210 valence electrons. The summed E-state index contributed by atoms with van der Waals surface area (Å²) < 4.78 is 2.25. The molecule has 1 aromatic carbocycles. The highest BCUT2D eigenvalue weighted by atomic mass is 16.6. The van der Waals surface area contributed by atoms with Crippen molar-refractivity contribution in [1.82, 2.24) is 5.32 Å². The fourth-order valence-electron chi connectivity index (χ4n) is 4.64. The number of carbonyl (C=O) groups excluding carboxylic acids is 1. The van der Waals surface area contributed by atoms with Crippen LogP contribution < -0.4 is 9.88 Å². The Balaban J connectivity index is 1.41. The minimum absolute atomic E-state index is 0.0781. The number of nitrogens with zero attached hydrogens (tertiary/aromatic N) is 2. The zero-order valence-electron chi connectivity index (χ0n) is 22.7. The van der Waals surface area contributed by atoms with E-state index in [4.69, 9.17) is 0 Å². The van der Waals surface area contributed by atoms with E-state index >= 15 is 0 Å². The maximum absolute atomic E-state index is 12.3. The topological polar surface area (TPSA) is 117 Å². The van der Waals surface area contributed by atoms with Gasteiger partial charge in [0, 0.05) is 37.1 Å². The van der Waals surface area contributed by atoms with Gasteiger partial charge >= 0.3 is 0 Å². The Morgan fingerprint density at radius 1 is 0.816 bits per heavy atom. The van der Waals surface area contributed by atoms with Gasteiger partial charge in [-0.25, -0.2) is 4.57 Å². The van der Waals surface area contributed by atoms with Crippen molar-refractivity contribution in [2.75, 3.05) is 6.61 Å². The van der Waals surface area contributed by atoms with Crippen molar-refractivity contribution < 1.29 is 24.5 Å². The Morgan fingerprint density at radius 2 is 1.32 bits per heavy atom. The summed E-state index contributed by atoms with van der Waals surface area (Å²) in [5.74, 6) is -0.205. The number of aliphatic hydroxyl groups excluding tert-OH is 2. The standard InChI is InChI=1S/C30H45N3O5/c34-25-28(30(36)26-18-20-27(21-19-26)33(37)38)31-29(35)17-13-10-8-6-4-2-1-3-5-7-9-11-14-22-32-23-15-12-16-24-32/h12,15-16,18-21,23-24,28,30,34,36H,1-11,13-14,17,22,25H2/p+1/t28-,30-/m0/s1. The summed E-state index contributed by atoms with van der Waals surface area (Å²) in [7, 11) is 0. The molecular weight excluding hydrogens is 482 g/mol. The molecule has 0 saturated heterocycles. The average molecular weight is 529 g/mol. The van der Waals surface area contributed by atoms with Crippen LogP contribution in [0.3, 0.4) is 0 Å². The van der Waals surface area contributed by atoms with Crippen LogP contribution >= 0.6 is 0 Å². The molecule has 0 unspecified atom stereocenters. The van der Waals surface area contributed by atoms with E-state index in [1.807, 2.05) is 0 Å². The summed E-state index contributed by atoms with van der Waals surface area (Å²) in [5, 5.41) is 33.5. The normalized spacial score (nSPS) is 12.7. The van der Waals surface area contributed by atoms with Crippen molar-refractivity contribution >= 4 is 11.6 Å². The van der Waals surface area contributed by atoms with Crippen LogP contribution in [-0.2, 0) is 11.3 Å². The van der Waals surface area contributed by atoms with Crippen LogP contribution in [0.4, 0.5) is 5.69 Å². The van der Waals surface area contributed by atoms with E-state index in [1.54, 1.807) is 0 Å². The van der Waals surface area contributed by atoms with Crippen molar-refractivity contribution in [3.63, 3.8) is 0 Å². The van der Waals surface area contributed by atoms with Crippen molar-refractivity contribution in [2.45, 2.75) is 109 Å². The Labute approximate surface area is 227 Å². The number of pyridine rings is 1. The lowest BCUT2D eigenvalue weighted by atomic mass is 10.0. The molecule has 38 heavy (non-hydrogen) atoms. The van der Waals surface area contributed by atoms with Gasteiger partial charge in [-0.15, -0.1) is 0 Å². The van der Waals surface area contributed by atoms with Gasteiger partial charge in [0.2, 0.25) is 5.91 Å². The number of amides is 1. The molecule has 2 atom stereocenters. The molecule has 0 radical (unpaired) electrons. The molecule has 1 heterocycles. The van der Waals surface area contributed by atoms with Gasteiger partial charge in [-0.05, 0) is 30.5 Å². The minimum atomic E-state index is -1.14. The highest BCUT2D eigenvalue weighted by Gasteiger charge is 2.22. The second-order valence-electron chi connectivity index (χ2n) is 10.1. The zero-order valence-corrected chi connectivity index (χ0v) is 22.7. The first-order valence-corrected chi connectivity index (χ1v) is 14.3. The van der Waals surface area contributed by atoms with E-state index in [2.05, 4.69) is 40.5 Å². The van der Waals surface area contributed by atoms with E-state index in [9.17, 15) is 25.1 Å². The predicted molar refractivity (Wildman–Crippen MR) is 148 cm³/mol. The second kappa shape index (κ2) is 19.3. The Bertz CT molecular complexity index is 908. The number of aromatic nitrogens is 1.